The minimum absolute atomic E-state index is 0.115. The van der Waals surface area contributed by atoms with Gasteiger partial charge in [0.2, 0.25) is 0 Å². The second kappa shape index (κ2) is 10.3. The summed E-state index contributed by atoms with van der Waals surface area (Å²) in [5, 5.41) is 19.4. The average molecular weight is 450 g/mol. The molecule has 2 heterocycles. The highest BCUT2D eigenvalue weighted by Crippen LogP contribution is 2.28. The molecule has 1 fully saturated rings. The number of carbonyl (C=O) groups is 2. The van der Waals surface area contributed by atoms with Gasteiger partial charge in [0.15, 0.2) is 5.69 Å². The van der Waals surface area contributed by atoms with Crippen molar-refractivity contribution in [3.05, 3.63) is 78.0 Å². The smallest absolute Gasteiger partial charge is 0.356 e. The largest absolute Gasteiger partial charge is 0.476 e. The number of methoxy groups -OCH3 is 1. The van der Waals surface area contributed by atoms with Gasteiger partial charge in [0, 0.05) is 38.7 Å². The van der Waals surface area contributed by atoms with E-state index in [9.17, 15) is 14.7 Å². The number of nitrogens with zero attached hydrogens (tertiary/aromatic N) is 3. The molecule has 33 heavy (non-hydrogen) atoms. The predicted molar refractivity (Wildman–Crippen MR) is 124 cm³/mol. The molecular formula is C24H27N5O4. The van der Waals surface area contributed by atoms with Gasteiger partial charge >= 0.3 is 12.0 Å². The lowest BCUT2D eigenvalue weighted by Crippen LogP contribution is -2.42. The molecule has 1 aromatic heterocycles. The molecule has 0 unspecified atom stereocenters. The zero-order chi connectivity index (χ0) is 23.2. The van der Waals surface area contributed by atoms with Gasteiger partial charge in [-0.1, -0.05) is 48.5 Å². The van der Waals surface area contributed by atoms with Crippen LogP contribution in [0, 0.1) is 0 Å². The third kappa shape index (κ3) is 5.39. The number of nitrogens with one attached hydrogen (secondary N) is 2. The van der Waals surface area contributed by atoms with E-state index >= 15 is 0 Å². The number of aromatic carboxylic acids is 1. The van der Waals surface area contributed by atoms with Gasteiger partial charge in [0.1, 0.15) is 5.82 Å². The molecule has 9 heteroatoms. The van der Waals surface area contributed by atoms with Crippen LogP contribution >= 0.6 is 0 Å². The summed E-state index contributed by atoms with van der Waals surface area (Å²) >= 11 is 0. The Labute approximate surface area is 192 Å². The minimum Gasteiger partial charge on any atom is -0.476 e. The van der Waals surface area contributed by atoms with Crippen molar-refractivity contribution < 1.29 is 19.4 Å². The van der Waals surface area contributed by atoms with E-state index in [1.807, 2.05) is 36.4 Å². The molecule has 172 valence electrons. The number of ether oxygens (including phenoxy) is 1. The zero-order valence-electron chi connectivity index (χ0n) is 18.3. The van der Waals surface area contributed by atoms with Crippen LogP contribution in [0.15, 0.2) is 66.7 Å². The fraction of sp³-hybridized carbons (Fsp3) is 0.292. The Morgan fingerprint density at radius 3 is 2.45 bits per heavy atom. The Morgan fingerprint density at radius 2 is 1.79 bits per heavy atom. The number of likely N-dealkylation sites (tertiary alicyclic amines) is 1. The van der Waals surface area contributed by atoms with Gasteiger partial charge in [0.05, 0.1) is 18.3 Å². The fourth-order valence-electron chi connectivity index (χ4n) is 4.13. The summed E-state index contributed by atoms with van der Waals surface area (Å²) in [6.45, 7) is 2.90. The Hall–Kier alpha value is -3.69. The van der Waals surface area contributed by atoms with Crippen LogP contribution in [0.25, 0.3) is 5.69 Å². The Bertz CT molecular complexity index is 1090. The molecule has 3 N–H and O–H groups in total. The Kier molecular flexibility index (Phi) is 7.01. The lowest BCUT2D eigenvalue weighted by atomic mass is 9.94. The van der Waals surface area contributed by atoms with Crippen LogP contribution in [0.2, 0.25) is 0 Å². The van der Waals surface area contributed by atoms with Gasteiger partial charge in [-0.3, -0.25) is 10.2 Å². The second-order valence-corrected chi connectivity index (χ2v) is 7.94. The van der Waals surface area contributed by atoms with Crippen LogP contribution in [0.4, 0.5) is 10.6 Å². The maximum absolute atomic E-state index is 13.0. The van der Waals surface area contributed by atoms with E-state index in [0.29, 0.717) is 18.8 Å². The van der Waals surface area contributed by atoms with Gasteiger partial charge in [-0.25, -0.2) is 14.3 Å². The Morgan fingerprint density at radius 1 is 1.09 bits per heavy atom. The summed E-state index contributed by atoms with van der Waals surface area (Å²) in [6, 6.07) is 20.0. The lowest BCUT2D eigenvalue weighted by Gasteiger charge is -2.20. The molecule has 1 saturated heterocycles. The molecule has 0 radical (unpaired) electrons. The van der Waals surface area contributed by atoms with Gasteiger partial charge < -0.3 is 15.2 Å². The maximum Gasteiger partial charge on any atom is 0.356 e. The molecule has 2 atom stereocenters. The molecule has 1 aliphatic heterocycles. The number of aromatic nitrogens is 2. The molecule has 3 aromatic rings. The highest BCUT2D eigenvalue weighted by atomic mass is 16.5. The normalized spacial score (nSPS) is 18.2. The van der Waals surface area contributed by atoms with Crippen molar-refractivity contribution in [1.29, 1.82) is 0 Å². The number of urea groups is 1. The fourth-order valence-corrected chi connectivity index (χ4v) is 4.13. The number of amides is 2. The molecule has 2 amide bonds. The van der Waals surface area contributed by atoms with Crippen molar-refractivity contribution in [2.24, 2.45) is 0 Å². The number of para-hydroxylation sites is 1. The third-order valence-corrected chi connectivity index (χ3v) is 5.72. The highest BCUT2D eigenvalue weighted by molar-refractivity contribution is 5.92. The SMILES string of the molecule is COCCN1C[C@@H](NC(=O)Nc2cc(C(=O)O)nn2-c2ccccc2)[C@H](c2ccccc2)C1. The van der Waals surface area contributed by atoms with Crippen LogP contribution in [-0.4, -0.2) is 71.2 Å². The summed E-state index contributed by atoms with van der Waals surface area (Å²) in [7, 11) is 1.68. The second-order valence-electron chi connectivity index (χ2n) is 7.94. The van der Waals surface area contributed by atoms with Crippen LogP contribution in [0.1, 0.15) is 22.0 Å². The van der Waals surface area contributed by atoms with E-state index in [-0.39, 0.29) is 23.5 Å². The maximum atomic E-state index is 13.0. The van der Waals surface area contributed by atoms with E-state index in [1.54, 1.807) is 19.2 Å². The first kappa shape index (κ1) is 22.5. The number of hydrogen-bond donors (Lipinski definition) is 3. The number of carboxylic acid groups (broad SMARTS) is 1. The first-order chi connectivity index (χ1) is 16.0. The van der Waals surface area contributed by atoms with E-state index in [4.69, 9.17) is 4.74 Å². The van der Waals surface area contributed by atoms with Crippen LogP contribution in [0.5, 0.6) is 0 Å². The first-order valence-corrected chi connectivity index (χ1v) is 10.8. The standard InChI is InChI=1S/C24H27N5O4/c1-33-13-12-28-15-19(17-8-4-2-5-9-17)21(16-28)25-24(32)26-22-14-20(23(30)31)27-29(22)18-10-6-3-7-11-18/h2-11,14,19,21H,12-13,15-16H2,1H3,(H,30,31)(H2,25,26,32)/t19-,21+/m0/s1. The summed E-state index contributed by atoms with van der Waals surface area (Å²) in [4.78, 5) is 26.7. The van der Waals surface area contributed by atoms with E-state index < -0.39 is 12.0 Å². The Balaban J connectivity index is 1.52. The summed E-state index contributed by atoms with van der Waals surface area (Å²) in [5.41, 5.74) is 1.65. The molecule has 0 bridgehead atoms. The number of benzene rings is 2. The molecule has 1 aliphatic rings. The van der Waals surface area contributed by atoms with E-state index in [2.05, 4.69) is 32.8 Å². The lowest BCUT2D eigenvalue weighted by molar-refractivity contribution is 0.0690. The summed E-state index contributed by atoms with van der Waals surface area (Å²) < 4.78 is 6.63. The van der Waals surface area contributed by atoms with Gasteiger partial charge in [-0.2, -0.15) is 5.10 Å². The number of anilines is 1. The minimum atomic E-state index is -1.16. The van der Waals surface area contributed by atoms with Gasteiger partial charge in [-0.05, 0) is 17.7 Å². The van der Waals surface area contributed by atoms with Crippen molar-refractivity contribution >= 4 is 17.8 Å². The summed E-state index contributed by atoms with van der Waals surface area (Å²) in [6.07, 6.45) is 0. The van der Waals surface area contributed by atoms with Gasteiger partial charge in [-0.15, -0.1) is 0 Å². The van der Waals surface area contributed by atoms with Crippen molar-refractivity contribution in [3.63, 3.8) is 0 Å². The van der Waals surface area contributed by atoms with Gasteiger partial charge in [0.25, 0.3) is 0 Å². The number of carbonyl (C=O) groups excluding carboxylic acids is 1. The number of rotatable bonds is 8. The van der Waals surface area contributed by atoms with E-state index in [1.165, 1.54) is 10.7 Å². The number of hydrogen-bond acceptors (Lipinski definition) is 5. The van der Waals surface area contributed by atoms with Crippen LogP contribution in [0.3, 0.4) is 0 Å². The van der Waals surface area contributed by atoms with E-state index in [0.717, 1.165) is 18.7 Å². The molecule has 4 rings (SSSR count). The molecule has 2 aromatic carbocycles. The predicted octanol–water partition coefficient (Wildman–Crippen LogP) is 2.81. The first-order valence-electron chi connectivity index (χ1n) is 10.8. The summed E-state index contributed by atoms with van der Waals surface area (Å²) in [5.74, 6) is -0.758. The molecule has 0 saturated carbocycles. The average Bonchev–Trinajstić information content (AvgIpc) is 3.43. The molecular weight excluding hydrogens is 422 g/mol. The van der Waals surface area contributed by atoms with Crippen LogP contribution < -0.4 is 10.6 Å². The monoisotopic (exact) mass is 449 g/mol. The number of carboxylic acids is 1. The molecule has 9 nitrogen and oxygen atoms in total. The third-order valence-electron chi connectivity index (χ3n) is 5.72. The van der Waals surface area contributed by atoms with Crippen molar-refractivity contribution in [2.75, 3.05) is 38.7 Å². The van der Waals surface area contributed by atoms with Crippen molar-refractivity contribution in [3.8, 4) is 5.69 Å². The molecule has 0 spiro atoms. The van der Waals surface area contributed by atoms with Crippen molar-refractivity contribution in [1.82, 2.24) is 20.0 Å². The zero-order valence-corrected chi connectivity index (χ0v) is 18.3. The quantitative estimate of drug-likeness (QED) is 0.488. The van der Waals surface area contributed by atoms with Crippen molar-refractivity contribution in [2.45, 2.75) is 12.0 Å². The van der Waals surface area contributed by atoms with Crippen LogP contribution in [-0.2, 0) is 4.74 Å². The topological polar surface area (TPSA) is 109 Å². The molecule has 0 aliphatic carbocycles. The highest BCUT2D eigenvalue weighted by Gasteiger charge is 2.34.